The van der Waals surface area contributed by atoms with Crippen molar-refractivity contribution in [3.63, 3.8) is 0 Å². The molecule has 3 aromatic rings. The molecular weight excluding hydrogens is 327 g/mol. The summed E-state index contributed by atoms with van der Waals surface area (Å²) in [7, 11) is 0. The fraction of sp³-hybridized carbons (Fsp3) is 0.176. The average Bonchev–Trinajstić information content (AvgIpc) is 2.58. The van der Waals surface area contributed by atoms with Crippen molar-refractivity contribution < 1.29 is 4.39 Å². The van der Waals surface area contributed by atoms with Crippen LogP contribution in [0.15, 0.2) is 52.9 Å². The Morgan fingerprint density at radius 1 is 1.12 bits per heavy atom. The number of thioether (sulfide) groups is 1. The zero-order valence-corrected chi connectivity index (χ0v) is 13.8. The molecule has 0 unspecified atom stereocenters. The van der Waals surface area contributed by atoms with Crippen molar-refractivity contribution in [3.8, 4) is 0 Å². The van der Waals surface area contributed by atoms with Gasteiger partial charge in [0.05, 0.1) is 0 Å². The number of nitrogens with one attached hydrogen (secondary N) is 1. The van der Waals surface area contributed by atoms with Gasteiger partial charge < -0.3 is 4.98 Å². The first-order valence-electron chi connectivity index (χ1n) is 7.33. The van der Waals surface area contributed by atoms with E-state index < -0.39 is 0 Å². The normalized spacial score (nSPS) is 10.8. The molecule has 0 fully saturated rings. The van der Waals surface area contributed by atoms with Crippen molar-refractivity contribution in [2.24, 2.45) is 0 Å². The molecule has 122 valence electrons. The van der Waals surface area contributed by atoms with E-state index in [1.807, 2.05) is 6.92 Å². The van der Waals surface area contributed by atoms with Crippen LogP contribution in [0.1, 0.15) is 22.4 Å². The Labute approximate surface area is 142 Å². The molecule has 0 aliphatic heterocycles. The number of rotatable bonds is 5. The predicted octanol–water partition coefficient (Wildman–Crippen LogP) is 2.89. The van der Waals surface area contributed by atoms with Crippen LogP contribution in [0, 0.1) is 12.7 Å². The SMILES string of the molecule is Cc1nc(SCc2ccc(F)cc2)[nH]c(=O)c1Cc1cncnc1. The molecule has 0 spiro atoms. The highest BCUT2D eigenvalue weighted by molar-refractivity contribution is 7.98. The van der Waals surface area contributed by atoms with Gasteiger partial charge in [0.1, 0.15) is 12.1 Å². The fourth-order valence-corrected chi connectivity index (χ4v) is 3.08. The van der Waals surface area contributed by atoms with E-state index in [0.29, 0.717) is 28.6 Å². The van der Waals surface area contributed by atoms with Crippen molar-refractivity contribution in [3.05, 3.63) is 81.5 Å². The van der Waals surface area contributed by atoms with Crippen LogP contribution < -0.4 is 5.56 Å². The molecule has 24 heavy (non-hydrogen) atoms. The van der Waals surface area contributed by atoms with Crippen LogP contribution in [-0.2, 0) is 12.2 Å². The highest BCUT2D eigenvalue weighted by atomic mass is 32.2. The second kappa shape index (κ2) is 7.35. The molecule has 0 aliphatic carbocycles. The molecule has 1 aromatic carbocycles. The number of aromatic amines is 1. The van der Waals surface area contributed by atoms with Gasteiger partial charge in [-0.25, -0.2) is 19.3 Å². The molecule has 0 saturated carbocycles. The van der Waals surface area contributed by atoms with Crippen LogP contribution in [0.3, 0.4) is 0 Å². The van der Waals surface area contributed by atoms with Crippen molar-refractivity contribution in [1.29, 1.82) is 0 Å². The van der Waals surface area contributed by atoms with Gasteiger partial charge in [0.15, 0.2) is 5.16 Å². The van der Waals surface area contributed by atoms with Crippen molar-refractivity contribution in [1.82, 2.24) is 19.9 Å². The van der Waals surface area contributed by atoms with Gasteiger partial charge in [-0.2, -0.15) is 0 Å². The van der Waals surface area contributed by atoms with Crippen molar-refractivity contribution in [2.75, 3.05) is 0 Å². The molecule has 3 rings (SSSR count). The minimum Gasteiger partial charge on any atom is -0.301 e. The molecule has 2 heterocycles. The Bertz CT molecular complexity index is 881. The van der Waals surface area contributed by atoms with Crippen LogP contribution >= 0.6 is 11.8 Å². The quantitative estimate of drug-likeness (QED) is 0.570. The third kappa shape index (κ3) is 4.05. The summed E-state index contributed by atoms with van der Waals surface area (Å²) >= 11 is 1.41. The number of hydrogen-bond acceptors (Lipinski definition) is 5. The lowest BCUT2D eigenvalue weighted by Gasteiger charge is -2.07. The van der Waals surface area contributed by atoms with E-state index in [0.717, 1.165) is 11.1 Å². The van der Waals surface area contributed by atoms with Crippen molar-refractivity contribution >= 4 is 11.8 Å². The van der Waals surface area contributed by atoms with Crippen LogP contribution in [-0.4, -0.2) is 19.9 Å². The minimum absolute atomic E-state index is 0.159. The molecular formula is C17H15FN4OS. The number of nitrogens with zero attached hydrogens (tertiary/aromatic N) is 3. The number of halogens is 1. The summed E-state index contributed by atoms with van der Waals surface area (Å²) in [5.74, 6) is 0.342. The molecule has 7 heteroatoms. The predicted molar refractivity (Wildman–Crippen MR) is 90.4 cm³/mol. The standard InChI is InChI=1S/C17H15FN4OS/c1-11-15(6-13-7-19-10-20-8-13)16(23)22-17(21-11)24-9-12-2-4-14(18)5-3-12/h2-5,7-8,10H,6,9H2,1H3,(H,21,22,23). The first kappa shape index (κ1) is 16.3. The largest absolute Gasteiger partial charge is 0.301 e. The summed E-state index contributed by atoms with van der Waals surface area (Å²) in [6.45, 7) is 1.82. The molecule has 2 aromatic heterocycles. The summed E-state index contributed by atoms with van der Waals surface area (Å²) in [5.41, 5.74) is 2.96. The fourth-order valence-electron chi connectivity index (χ4n) is 2.22. The number of aromatic nitrogens is 4. The summed E-state index contributed by atoms with van der Waals surface area (Å²) < 4.78 is 12.9. The smallest absolute Gasteiger partial charge is 0.255 e. The lowest BCUT2D eigenvalue weighted by Crippen LogP contribution is -2.17. The molecule has 0 aliphatic rings. The van der Waals surface area contributed by atoms with Gasteiger partial charge >= 0.3 is 0 Å². The molecule has 0 radical (unpaired) electrons. The summed E-state index contributed by atoms with van der Waals surface area (Å²) in [5, 5.41) is 0.551. The lowest BCUT2D eigenvalue weighted by atomic mass is 10.1. The third-order valence-corrected chi connectivity index (χ3v) is 4.43. The molecule has 0 amide bonds. The monoisotopic (exact) mass is 342 g/mol. The highest BCUT2D eigenvalue weighted by Crippen LogP contribution is 2.19. The summed E-state index contributed by atoms with van der Waals surface area (Å²) in [6.07, 6.45) is 5.26. The maximum absolute atomic E-state index is 12.9. The van der Waals surface area contributed by atoms with E-state index in [1.54, 1.807) is 24.5 Å². The average molecular weight is 342 g/mol. The van der Waals surface area contributed by atoms with E-state index >= 15 is 0 Å². The van der Waals surface area contributed by atoms with E-state index in [1.165, 1.54) is 30.2 Å². The maximum atomic E-state index is 12.9. The van der Waals surface area contributed by atoms with E-state index in [-0.39, 0.29) is 11.4 Å². The summed E-state index contributed by atoms with van der Waals surface area (Å²) in [6, 6.07) is 6.28. The Hall–Kier alpha value is -2.54. The van der Waals surface area contributed by atoms with Crippen LogP contribution in [0.2, 0.25) is 0 Å². The highest BCUT2D eigenvalue weighted by Gasteiger charge is 2.10. The number of aryl methyl sites for hydroxylation is 1. The Kier molecular flexibility index (Phi) is 5.00. The lowest BCUT2D eigenvalue weighted by molar-refractivity contribution is 0.627. The molecule has 0 bridgehead atoms. The van der Waals surface area contributed by atoms with E-state index in [4.69, 9.17) is 0 Å². The zero-order valence-electron chi connectivity index (χ0n) is 13.0. The van der Waals surface area contributed by atoms with Crippen molar-refractivity contribution in [2.45, 2.75) is 24.3 Å². The number of H-pyrrole nitrogens is 1. The van der Waals surface area contributed by atoms with Gasteiger partial charge in [-0.1, -0.05) is 23.9 Å². The first-order chi connectivity index (χ1) is 11.6. The number of benzene rings is 1. The van der Waals surface area contributed by atoms with Gasteiger partial charge in [0.2, 0.25) is 0 Å². The van der Waals surface area contributed by atoms with Gasteiger partial charge in [0.25, 0.3) is 5.56 Å². The molecule has 0 saturated heterocycles. The second-order valence-corrected chi connectivity index (χ2v) is 6.24. The molecule has 0 atom stereocenters. The van der Waals surface area contributed by atoms with Crippen LogP contribution in [0.5, 0.6) is 0 Å². The van der Waals surface area contributed by atoms with E-state index in [2.05, 4.69) is 19.9 Å². The van der Waals surface area contributed by atoms with Gasteiger partial charge in [-0.3, -0.25) is 4.79 Å². The topological polar surface area (TPSA) is 71.5 Å². The minimum atomic E-state index is -0.264. The molecule has 5 nitrogen and oxygen atoms in total. The maximum Gasteiger partial charge on any atom is 0.255 e. The number of hydrogen-bond donors (Lipinski definition) is 1. The molecule has 1 N–H and O–H groups in total. The van der Waals surface area contributed by atoms with Gasteiger partial charge in [-0.15, -0.1) is 0 Å². The third-order valence-electron chi connectivity index (χ3n) is 3.48. The van der Waals surface area contributed by atoms with E-state index in [9.17, 15) is 9.18 Å². The van der Waals surface area contributed by atoms with Gasteiger partial charge in [-0.05, 0) is 30.2 Å². The second-order valence-electron chi connectivity index (χ2n) is 5.27. The Balaban J connectivity index is 1.74. The van der Waals surface area contributed by atoms with Crippen LogP contribution in [0.4, 0.5) is 4.39 Å². The zero-order chi connectivity index (χ0) is 16.9. The van der Waals surface area contributed by atoms with Crippen LogP contribution in [0.25, 0.3) is 0 Å². The first-order valence-corrected chi connectivity index (χ1v) is 8.31. The summed E-state index contributed by atoms with van der Waals surface area (Å²) in [4.78, 5) is 27.5. The van der Waals surface area contributed by atoms with Gasteiger partial charge in [0, 0.05) is 35.8 Å². The Morgan fingerprint density at radius 2 is 1.83 bits per heavy atom. The Morgan fingerprint density at radius 3 is 2.50 bits per heavy atom.